The minimum Gasteiger partial charge on any atom is -0.497 e. The second kappa shape index (κ2) is 3.53. The number of carboxylic acid groups (broad SMARTS) is 1. The molecule has 5 heteroatoms. The van der Waals surface area contributed by atoms with E-state index in [-0.39, 0.29) is 5.82 Å². The number of ether oxygens (including phenoxy) is 1. The highest BCUT2D eigenvalue weighted by molar-refractivity contribution is 5.87. The molecule has 0 aliphatic carbocycles. The van der Waals surface area contributed by atoms with E-state index in [0.29, 0.717) is 11.3 Å². The van der Waals surface area contributed by atoms with Gasteiger partial charge in [-0.05, 0) is 12.1 Å². The lowest BCUT2D eigenvalue weighted by atomic mass is 10.2. The number of hydrogen-bond acceptors (Lipinski definition) is 4. The molecule has 15 heavy (non-hydrogen) atoms. The molecule has 0 aliphatic heterocycles. The molecular weight excluding hydrogens is 196 g/mol. The lowest BCUT2D eigenvalue weighted by molar-refractivity contribution is 0.0684. The van der Waals surface area contributed by atoms with Gasteiger partial charge in [0.25, 0.3) is 0 Å². The summed E-state index contributed by atoms with van der Waals surface area (Å²) in [6, 6.07) is 5.22. The maximum absolute atomic E-state index is 10.6. The van der Waals surface area contributed by atoms with Crippen LogP contribution in [0.2, 0.25) is 0 Å². The number of hydrogen-bond donors (Lipinski definition) is 1. The van der Waals surface area contributed by atoms with Crippen molar-refractivity contribution >= 4 is 16.9 Å². The fourth-order valence-corrected chi connectivity index (χ4v) is 1.23. The van der Waals surface area contributed by atoms with Crippen molar-refractivity contribution in [3.63, 3.8) is 0 Å². The summed E-state index contributed by atoms with van der Waals surface area (Å²) >= 11 is 0. The van der Waals surface area contributed by atoms with E-state index in [4.69, 9.17) is 9.84 Å². The second-order valence-corrected chi connectivity index (χ2v) is 2.92. The van der Waals surface area contributed by atoms with Gasteiger partial charge in [-0.1, -0.05) is 0 Å². The molecule has 1 aromatic carbocycles. The van der Waals surface area contributed by atoms with E-state index in [1.54, 1.807) is 25.3 Å². The molecule has 0 aliphatic rings. The average molecular weight is 204 g/mol. The number of carbonyl (C=O) groups is 1. The first kappa shape index (κ1) is 9.39. The molecule has 0 radical (unpaired) electrons. The Morgan fingerprint density at radius 3 is 2.93 bits per heavy atom. The Labute approximate surface area is 85.4 Å². The third kappa shape index (κ3) is 1.71. The van der Waals surface area contributed by atoms with Crippen LogP contribution in [-0.4, -0.2) is 28.2 Å². The average Bonchev–Trinajstić information content (AvgIpc) is 2.27. The molecular formula is C10H8N2O3. The fraction of sp³-hybridized carbons (Fsp3) is 0.100. The smallest absolute Gasteiger partial charge is 0.373 e. The van der Waals surface area contributed by atoms with Crippen LogP contribution in [0.5, 0.6) is 5.75 Å². The van der Waals surface area contributed by atoms with Gasteiger partial charge in [0.15, 0.2) is 0 Å². The van der Waals surface area contributed by atoms with Gasteiger partial charge in [0.1, 0.15) is 5.75 Å². The number of benzene rings is 1. The Morgan fingerprint density at radius 1 is 1.47 bits per heavy atom. The minimum atomic E-state index is -1.14. The zero-order chi connectivity index (χ0) is 10.8. The largest absolute Gasteiger partial charge is 0.497 e. The molecule has 1 heterocycles. The first-order valence-corrected chi connectivity index (χ1v) is 4.25. The van der Waals surface area contributed by atoms with Crippen molar-refractivity contribution in [2.75, 3.05) is 7.11 Å². The molecule has 0 saturated carbocycles. The summed E-state index contributed by atoms with van der Waals surface area (Å²) in [5.74, 6) is -0.715. The van der Waals surface area contributed by atoms with Crippen molar-refractivity contribution in [1.29, 1.82) is 0 Å². The summed E-state index contributed by atoms with van der Waals surface area (Å²) in [4.78, 5) is 18.2. The van der Waals surface area contributed by atoms with Gasteiger partial charge in [-0.2, -0.15) is 0 Å². The quantitative estimate of drug-likeness (QED) is 0.799. The van der Waals surface area contributed by atoms with Crippen LogP contribution in [0.25, 0.3) is 10.9 Å². The third-order valence-corrected chi connectivity index (χ3v) is 1.98. The van der Waals surface area contributed by atoms with Gasteiger partial charge in [0.05, 0.1) is 12.6 Å². The zero-order valence-electron chi connectivity index (χ0n) is 7.97. The number of nitrogens with zero attached hydrogens (tertiary/aromatic N) is 2. The summed E-state index contributed by atoms with van der Waals surface area (Å²) in [5.41, 5.74) is 0.557. The van der Waals surface area contributed by atoms with Crippen LogP contribution in [0.4, 0.5) is 0 Å². The summed E-state index contributed by atoms with van der Waals surface area (Å²) in [6.45, 7) is 0. The van der Waals surface area contributed by atoms with Crippen LogP contribution in [0.1, 0.15) is 10.6 Å². The predicted octanol–water partition coefficient (Wildman–Crippen LogP) is 1.34. The highest BCUT2D eigenvalue weighted by Gasteiger charge is 2.07. The normalized spacial score (nSPS) is 10.2. The summed E-state index contributed by atoms with van der Waals surface area (Å²) < 4.78 is 5.01. The topological polar surface area (TPSA) is 72.3 Å². The minimum absolute atomic E-state index is 0.212. The number of carboxylic acids is 1. The second-order valence-electron chi connectivity index (χ2n) is 2.92. The van der Waals surface area contributed by atoms with Gasteiger partial charge in [-0.25, -0.2) is 14.8 Å². The van der Waals surface area contributed by atoms with Gasteiger partial charge in [-0.3, -0.25) is 0 Å². The van der Waals surface area contributed by atoms with E-state index in [1.165, 1.54) is 6.20 Å². The Morgan fingerprint density at radius 2 is 2.27 bits per heavy atom. The Bertz CT molecular complexity index is 525. The molecule has 0 bridgehead atoms. The highest BCUT2D eigenvalue weighted by atomic mass is 16.5. The molecule has 0 saturated heterocycles. The van der Waals surface area contributed by atoms with E-state index in [0.717, 1.165) is 5.39 Å². The molecule has 2 aromatic rings. The van der Waals surface area contributed by atoms with Crippen molar-refractivity contribution in [1.82, 2.24) is 9.97 Å². The number of methoxy groups -OCH3 is 1. The van der Waals surface area contributed by atoms with E-state index >= 15 is 0 Å². The van der Waals surface area contributed by atoms with E-state index < -0.39 is 5.97 Å². The van der Waals surface area contributed by atoms with Crippen LogP contribution < -0.4 is 4.74 Å². The molecule has 0 fully saturated rings. The van der Waals surface area contributed by atoms with Gasteiger partial charge in [0.2, 0.25) is 5.82 Å². The van der Waals surface area contributed by atoms with Crippen LogP contribution in [0, 0.1) is 0 Å². The maximum Gasteiger partial charge on any atom is 0.373 e. The van der Waals surface area contributed by atoms with Crippen molar-refractivity contribution in [3.8, 4) is 5.75 Å². The first-order valence-electron chi connectivity index (χ1n) is 4.25. The number of fused-ring (bicyclic) bond motifs is 1. The van der Waals surface area contributed by atoms with E-state index in [2.05, 4.69) is 9.97 Å². The van der Waals surface area contributed by atoms with E-state index in [1.807, 2.05) is 0 Å². The van der Waals surface area contributed by atoms with Crippen LogP contribution in [0.3, 0.4) is 0 Å². The van der Waals surface area contributed by atoms with Crippen molar-refractivity contribution in [2.45, 2.75) is 0 Å². The van der Waals surface area contributed by atoms with Crippen LogP contribution >= 0.6 is 0 Å². The van der Waals surface area contributed by atoms with Gasteiger partial charge >= 0.3 is 5.97 Å². The SMILES string of the molecule is COc1ccc2cnc(C(=O)O)nc2c1. The van der Waals surface area contributed by atoms with Crippen molar-refractivity contribution in [2.24, 2.45) is 0 Å². The highest BCUT2D eigenvalue weighted by Crippen LogP contribution is 2.18. The molecule has 1 aromatic heterocycles. The standard InChI is InChI=1S/C10H8N2O3/c1-15-7-3-2-6-5-11-9(10(13)14)12-8(6)4-7/h2-5H,1H3,(H,13,14). The molecule has 5 nitrogen and oxygen atoms in total. The Balaban J connectivity index is 2.62. The number of aromatic nitrogens is 2. The van der Waals surface area contributed by atoms with Gasteiger partial charge in [-0.15, -0.1) is 0 Å². The van der Waals surface area contributed by atoms with Crippen molar-refractivity contribution < 1.29 is 14.6 Å². The summed E-state index contributed by atoms with van der Waals surface area (Å²) in [6.07, 6.45) is 1.48. The molecule has 76 valence electrons. The predicted molar refractivity (Wildman–Crippen MR) is 53.0 cm³/mol. The summed E-state index contributed by atoms with van der Waals surface area (Å²) in [7, 11) is 1.54. The zero-order valence-corrected chi connectivity index (χ0v) is 7.97. The molecule has 0 unspecified atom stereocenters. The van der Waals surface area contributed by atoms with Crippen LogP contribution in [-0.2, 0) is 0 Å². The molecule has 0 amide bonds. The van der Waals surface area contributed by atoms with Gasteiger partial charge in [0, 0.05) is 17.6 Å². The van der Waals surface area contributed by atoms with Gasteiger partial charge < -0.3 is 9.84 Å². The van der Waals surface area contributed by atoms with Crippen molar-refractivity contribution in [3.05, 3.63) is 30.2 Å². The maximum atomic E-state index is 10.6. The fourth-order valence-electron chi connectivity index (χ4n) is 1.23. The van der Waals surface area contributed by atoms with E-state index in [9.17, 15) is 4.79 Å². The monoisotopic (exact) mass is 204 g/mol. The van der Waals surface area contributed by atoms with Crippen LogP contribution in [0.15, 0.2) is 24.4 Å². The first-order chi connectivity index (χ1) is 7.20. The Hall–Kier alpha value is -2.17. The number of rotatable bonds is 2. The number of aromatic carboxylic acids is 1. The molecule has 2 rings (SSSR count). The lowest BCUT2D eigenvalue weighted by Crippen LogP contribution is -2.03. The molecule has 0 spiro atoms. The molecule has 1 N–H and O–H groups in total. The summed E-state index contributed by atoms with van der Waals surface area (Å²) in [5, 5.41) is 9.49. The third-order valence-electron chi connectivity index (χ3n) is 1.98. The Kier molecular flexibility index (Phi) is 2.21. The lowest BCUT2D eigenvalue weighted by Gasteiger charge is -2.01. The molecule has 0 atom stereocenters.